The van der Waals surface area contributed by atoms with E-state index in [1.807, 2.05) is 18.2 Å². The van der Waals surface area contributed by atoms with Crippen LogP contribution in [0.5, 0.6) is 0 Å². The number of carbonyl (C=O) groups excluding carboxylic acids is 4. The fourth-order valence-electron chi connectivity index (χ4n) is 2.37. The molecule has 3 amide bonds. The van der Waals surface area contributed by atoms with Crippen LogP contribution in [-0.4, -0.2) is 29.7 Å². The molecule has 8 nitrogen and oxygen atoms in total. The van der Waals surface area contributed by atoms with Gasteiger partial charge in [-0.25, -0.2) is 0 Å². The third-order valence-electron chi connectivity index (χ3n) is 3.71. The molecule has 0 fully saturated rings. The number of hydrogen-bond acceptors (Lipinski definition) is 5. The topological polar surface area (TPSA) is 128 Å². The Hall–Kier alpha value is -3.68. The van der Waals surface area contributed by atoms with Crippen LogP contribution >= 0.6 is 0 Å². The van der Waals surface area contributed by atoms with Crippen molar-refractivity contribution >= 4 is 29.4 Å². The first-order valence-corrected chi connectivity index (χ1v) is 8.52. The van der Waals surface area contributed by atoms with Crippen molar-refractivity contribution in [2.75, 3.05) is 5.32 Å². The van der Waals surface area contributed by atoms with Crippen molar-refractivity contribution < 1.29 is 23.9 Å². The molecule has 1 atom stereocenters. The molecule has 0 aliphatic heterocycles. The highest BCUT2D eigenvalue weighted by atomic mass is 16.5. The fourth-order valence-corrected chi connectivity index (χ4v) is 2.37. The summed E-state index contributed by atoms with van der Waals surface area (Å²) in [5, 5.41) is 4.97. The Labute approximate surface area is 162 Å². The second-order valence-corrected chi connectivity index (χ2v) is 6.04. The molecule has 0 aliphatic carbocycles. The lowest BCUT2D eigenvalue weighted by molar-refractivity contribution is -0.146. The first kappa shape index (κ1) is 20.6. The molecule has 8 heteroatoms. The van der Waals surface area contributed by atoms with Crippen LogP contribution in [0.1, 0.15) is 29.3 Å². The van der Waals surface area contributed by atoms with Crippen molar-refractivity contribution in [2.24, 2.45) is 5.73 Å². The highest BCUT2D eigenvalue weighted by Crippen LogP contribution is 2.11. The Morgan fingerprint density at radius 2 is 1.75 bits per heavy atom. The molecule has 0 spiro atoms. The number of ether oxygens (including phenoxy) is 1. The van der Waals surface area contributed by atoms with Gasteiger partial charge in [0, 0.05) is 18.2 Å². The molecule has 2 aromatic rings. The Bertz CT molecular complexity index is 867. The predicted octanol–water partition coefficient (Wildman–Crippen LogP) is 1.36. The Kier molecular flexibility index (Phi) is 7.27. The van der Waals surface area contributed by atoms with E-state index in [4.69, 9.17) is 10.5 Å². The zero-order chi connectivity index (χ0) is 20.5. The zero-order valence-corrected chi connectivity index (χ0v) is 15.3. The summed E-state index contributed by atoms with van der Waals surface area (Å²) in [6.45, 7) is 1.40. The average Bonchev–Trinajstić information content (AvgIpc) is 2.66. The molecule has 28 heavy (non-hydrogen) atoms. The maximum atomic E-state index is 12.4. The van der Waals surface area contributed by atoms with Crippen molar-refractivity contribution in [1.82, 2.24) is 5.32 Å². The van der Waals surface area contributed by atoms with Gasteiger partial charge in [-0.15, -0.1) is 0 Å². The van der Waals surface area contributed by atoms with Crippen molar-refractivity contribution in [3.8, 4) is 0 Å². The number of anilines is 1. The first-order chi connectivity index (χ1) is 13.3. The van der Waals surface area contributed by atoms with Crippen LogP contribution in [0.25, 0.3) is 0 Å². The second-order valence-electron chi connectivity index (χ2n) is 6.04. The number of amides is 3. The molecule has 0 aliphatic rings. The zero-order valence-electron chi connectivity index (χ0n) is 15.3. The standard InChI is InChI=1S/C20H21N3O5/c1-13(24)22-16-9-5-8-15(10-16)20(27)23-17(19(21)26)11-18(25)28-12-14-6-3-2-4-7-14/h2-10,17H,11-12H2,1H3,(H2,21,26)(H,22,24)(H,23,27)/t17-/m0/s1. The van der Waals surface area contributed by atoms with E-state index < -0.39 is 23.8 Å². The number of benzene rings is 2. The predicted molar refractivity (Wildman–Crippen MR) is 102 cm³/mol. The smallest absolute Gasteiger partial charge is 0.308 e. The summed E-state index contributed by atoms with van der Waals surface area (Å²) in [6, 6.07) is 14.0. The van der Waals surface area contributed by atoms with E-state index in [0.717, 1.165) is 5.56 Å². The lowest BCUT2D eigenvalue weighted by Crippen LogP contribution is -2.45. The lowest BCUT2D eigenvalue weighted by atomic mass is 10.1. The minimum Gasteiger partial charge on any atom is -0.461 e. The van der Waals surface area contributed by atoms with Crippen molar-refractivity contribution in [1.29, 1.82) is 0 Å². The SMILES string of the molecule is CC(=O)Nc1cccc(C(=O)N[C@@H](CC(=O)OCc2ccccc2)C(N)=O)c1. The van der Waals surface area contributed by atoms with Crippen molar-refractivity contribution in [2.45, 2.75) is 26.0 Å². The summed E-state index contributed by atoms with van der Waals surface area (Å²) in [5.74, 6) is -2.41. The molecule has 0 saturated carbocycles. The van der Waals surface area contributed by atoms with Crippen LogP contribution < -0.4 is 16.4 Å². The van der Waals surface area contributed by atoms with Gasteiger partial charge in [0.2, 0.25) is 11.8 Å². The van der Waals surface area contributed by atoms with Gasteiger partial charge in [-0.3, -0.25) is 19.2 Å². The highest BCUT2D eigenvalue weighted by Gasteiger charge is 2.23. The van der Waals surface area contributed by atoms with E-state index in [0.29, 0.717) is 5.69 Å². The minimum absolute atomic E-state index is 0.0534. The molecular formula is C20H21N3O5. The summed E-state index contributed by atoms with van der Waals surface area (Å²) in [6.07, 6.45) is -0.390. The number of primary amides is 1. The van der Waals surface area contributed by atoms with Crippen LogP contribution in [0.4, 0.5) is 5.69 Å². The van der Waals surface area contributed by atoms with Crippen LogP contribution in [0.2, 0.25) is 0 Å². The number of nitrogens with two attached hydrogens (primary N) is 1. The van der Waals surface area contributed by atoms with Gasteiger partial charge in [-0.2, -0.15) is 0 Å². The Morgan fingerprint density at radius 1 is 1.04 bits per heavy atom. The van der Waals surface area contributed by atoms with Gasteiger partial charge in [0.25, 0.3) is 5.91 Å². The lowest BCUT2D eigenvalue weighted by Gasteiger charge is -2.15. The largest absolute Gasteiger partial charge is 0.461 e. The molecule has 0 unspecified atom stereocenters. The normalized spacial score (nSPS) is 11.2. The quantitative estimate of drug-likeness (QED) is 0.593. The molecule has 0 heterocycles. The van der Waals surface area contributed by atoms with E-state index in [1.54, 1.807) is 24.3 Å². The first-order valence-electron chi connectivity index (χ1n) is 8.52. The molecule has 0 radical (unpaired) electrons. The number of rotatable bonds is 8. The molecule has 4 N–H and O–H groups in total. The van der Waals surface area contributed by atoms with Crippen molar-refractivity contribution in [3.63, 3.8) is 0 Å². The number of carbonyl (C=O) groups is 4. The molecule has 2 aromatic carbocycles. The third kappa shape index (κ3) is 6.56. The van der Waals surface area contributed by atoms with Gasteiger partial charge >= 0.3 is 5.97 Å². The molecule has 0 aromatic heterocycles. The minimum atomic E-state index is -1.22. The summed E-state index contributed by atoms with van der Waals surface area (Å²) >= 11 is 0. The average molecular weight is 383 g/mol. The fraction of sp³-hybridized carbons (Fsp3) is 0.200. The Balaban J connectivity index is 1.96. The molecule has 0 bridgehead atoms. The molecular weight excluding hydrogens is 362 g/mol. The number of nitrogens with one attached hydrogen (secondary N) is 2. The van der Waals surface area contributed by atoms with Gasteiger partial charge in [0.1, 0.15) is 12.6 Å². The van der Waals surface area contributed by atoms with Gasteiger partial charge in [0.05, 0.1) is 6.42 Å². The summed E-state index contributed by atoms with van der Waals surface area (Å²) in [4.78, 5) is 47.1. The van der Waals surface area contributed by atoms with Gasteiger partial charge in [0.15, 0.2) is 0 Å². The number of esters is 1. The third-order valence-corrected chi connectivity index (χ3v) is 3.71. The maximum Gasteiger partial charge on any atom is 0.308 e. The van der Waals surface area contributed by atoms with Crippen LogP contribution in [-0.2, 0) is 25.7 Å². The molecule has 0 saturated heterocycles. The van der Waals surface area contributed by atoms with Crippen LogP contribution in [0.15, 0.2) is 54.6 Å². The second kappa shape index (κ2) is 9.86. The van der Waals surface area contributed by atoms with Gasteiger partial charge < -0.3 is 21.1 Å². The summed E-state index contributed by atoms with van der Waals surface area (Å²) in [5.41, 5.74) is 6.73. The monoisotopic (exact) mass is 383 g/mol. The highest BCUT2D eigenvalue weighted by molar-refractivity contribution is 5.99. The summed E-state index contributed by atoms with van der Waals surface area (Å²) in [7, 11) is 0. The van der Waals surface area contributed by atoms with E-state index in [2.05, 4.69) is 10.6 Å². The van der Waals surface area contributed by atoms with Crippen molar-refractivity contribution in [3.05, 3.63) is 65.7 Å². The van der Waals surface area contributed by atoms with E-state index in [-0.39, 0.29) is 24.5 Å². The summed E-state index contributed by atoms with van der Waals surface area (Å²) < 4.78 is 5.11. The van der Waals surface area contributed by atoms with Crippen LogP contribution in [0, 0.1) is 0 Å². The Morgan fingerprint density at radius 3 is 2.39 bits per heavy atom. The maximum absolute atomic E-state index is 12.4. The van der Waals surface area contributed by atoms with E-state index >= 15 is 0 Å². The van der Waals surface area contributed by atoms with E-state index in [1.165, 1.54) is 19.1 Å². The van der Waals surface area contributed by atoms with Gasteiger partial charge in [-0.05, 0) is 23.8 Å². The molecule has 146 valence electrons. The molecule has 2 rings (SSSR count). The van der Waals surface area contributed by atoms with Gasteiger partial charge in [-0.1, -0.05) is 36.4 Å². The van der Waals surface area contributed by atoms with Crippen LogP contribution in [0.3, 0.4) is 0 Å². The number of hydrogen-bond donors (Lipinski definition) is 3. The van der Waals surface area contributed by atoms with E-state index in [9.17, 15) is 19.2 Å².